The molecule has 0 radical (unpaired) electrons. The lowest BCUT2D eigenvalue weighted by atomic mass is 10.1. The van der Waals surface area contributed by atoms with Gasteiger partial charge in [-0.2, -0.15) is 0 Å². The summed E-state index contributed by atoms with van der Waals surface area (Å²) in [6, 6.07) is 2.10. The molecule has 0 aliphatic carbocycles. The predicted molar refractivity (Wildman–Crippen MR) is 62.3 cm³/mol. The van der Waals surface area contributed by atoms with Crippen LogP contribution in [0.25, 0.3) is 0 Å². The maximum atomic E-state index is 13.3. The first kappa shape index (κ1) is 14.6. The van der Waals surface area contributed by atoms with Crippen molar-refractivity contribution in [2.75, 3.05) is 0 Å². The second-order valence-electron chi connectivity index (χ2n) is 3.93. The second-order valence-corrected chi connectivity index (χ2v) is 3.93. The summed E-state index contributed by atoms with van der Waals surface area (Å²) >= 11 is 0. The minimum absolute atomic E-state index is 0.0697. The lowest BCUT2D eigenvalue weighted by Crippen LogP contribution is -2.42. The van der Waals surface area contributed by atoms with E-state index in [1.165, 1.54) is 19.1 Å². The lowest BCUT2D eigenvalue weighted by Gasteiger charge is -2.12. The van der Waals surface area contributed by atoms with Crippen LogP contribution in [-0.4, -0.2) is 34.1 Å². The highest BCUT2D eigenvalue weighted by atomic mass is 19.1. The fourth-order valence-corrected chi connectivity index (χ4v) is 1.35. The smallest absolute Gasteiger partial charge is 0.326 e. The SMILES string of the molecule is Cc1ccc(C(=O)N[C@@H](CC(=O)O)C(=O)O)cc1F. The number of aliphatic carboxylic acids is 2. The molecule has 0 bridgehead atoms. The minimum Gasteiger partial charge on any atom is -0.481 e. The van der Waals surface area contributed by atoms with Gasteiger partial charge in [-0.1, -0.05) is 6.07 Å². The third-order valence-electron chi connectivity index (χ3n) is 2.42. The summed E-state index contributed by atoms with van der Waals surface area (Å²) in [6.07, 6.45) is -0.755. The molecule has 0 aromatic heterocycles. The normalized spacial score (nSPS) is 11.7. The molecular formula is C12H12FNO5. The Kier molecular flexibility index (Phi) is 4.57. The van der Waals surface area contributed by atoms with Gasteiger partial charge in [0.15, 0.2) is 0 Å². The van der Waals surface area contributed by atoms with Gasteiger partial charge < -0.3 is 15.5 Å². The maximum absolute atomic E-state index is 13.3. The molecule has 0 saturated carbocycles. The van der Waals surface area contributed by atoms with Crippen molar-refractivity contribution in [1.82, 2.24) is 5.32 Å². The van der Waals surface area contributed by atoms with Crippen molar-refractivity contribution < 1.29 is 29.0 Å². The van der Waals surface area contributed by atoms with Crippen molar-refractivity contribution in [2.45, 2.75) is 19.4 Å². The van der Waals surface area contributed by atoms with Crippen LogP contribution in [0, 0.1) is 12.7 Å². The fourth-order valence-electron chi connectivity index (χ4n) is 1.35. The van der Waals surface area contributed by atoms with Crippen molar-refractivity contribution in [2.24, 2.45) is 0 Å². The summed E-state index contributed by atoms with van der Waals surface area (Å²) in [5.74, 6) is -4.27. The van der Waals surface area contributed by atoms with Gasteiger partial charge in [-0.15, -0.1) is 0 Å². The molecule has 0 aliphatic rings. The summed E-state index contributed by atoms with van der Waals surface area (Å²) in [4.78, 5) is 32.9. The molecule has 1 aromatic carbocycles. The Balaban J connectivity index is 2.84. The number of rotatable bonds is 5. The Morgan fingerprint density at radius 1 is 1.32 bits per heavy atom. The quantitative estimate of drug-likeness (QED) is 0.733. The number of amides is 1. The van der Waals surface area contributed by atoms with E-state index in [9.17, 15) is 18.8 Å². The molecular weight excluding hydrogens is 257 g/mol. The average Bonchev–Trinajstić information content (AvgIpc) is 2.31. The Morgan fingerprint density at radius 3 is 2.42 bits per heavy atom. The number of hydrogen-bond acceptors (Lipinski definition) is 3. The van der Waals surface area contributed by atoms with Gasteiger partial charge in [0.05, 0.1) is 6.42 Å². The third-order valence-corrected chi connectivity index (χ3v) is 2.42. The molecule has 1 atom stereocenters. The first-order chi connectivity index (χ1) is 8.81. The van der Waals surface area contributed by atoms with E-state index in [1.807, 2.05) is 5.32 Å². The van der Waals surface area contributed by atoms with E-state index in [0.29, 0.717) is 5.56 Å². The number of carboxylic acid groups (broad SMARTS) is 2. The summed E-state index contributed by atoms with van der Waals surface area (Å²) in [6.45, 7) is 1.52. The number of halogens is 1. The number of carboxylic acids is 2. The second kappa shape index (κ2) is 5.94. The van der Waals surface area contributed by atoms with Crippen molar-refractivity contribution in [3.05, 3.63) is 35.1 Å². The van der Waals surface area contributed by atoms with Gasteiger partial charge in [-0.3, -0.25) is 9.59 Å². The number of benzene rings is 1. The van der Waals surface area contributed by atoms with Crippen LogP contribution in [0.15, 0.2) is 18.2 Å². The molecule has 1 amide bonds. The van der Waals surface area contributed by atoms with Gasteiger partial charge in [-0.25, -0.2) is 9.18 Å². The number of aryl methyl sites for hydroxylation is 1. The van der Waals surface area contributed by atoms with Crippen LogP contribution in [0.4, 0.5) is 4.39 Å². The van der Waals surface area contributed by atoms with E-state index < -0.39 is 36.1 Å². The van der Waals surface area contributed by atoms with Crippen molar-refractivity contribution >= 4 is 17.8 Å². The highest BCUT2D eigenvalue weighted by Crippen LogP contribution is 2.09. The van der Waals surface area contributed by atoms with Crippen molar-refractivity contribution in [1.29, 1.82) is 0 Å². The van der Waals surface area contributed by atoms with Crippen molar-refractivity contribution in [3.8, 4) is 0 Å². The number of carbonyl (C=O) groups excluding carboxylic acids is 1. The standard InChI is InChI=1S/C12H12FNO5/c1-6-2-3-7(4-8(6)13)11(17)14-9(12(18)19)5-10(15)16/h2-4,9H,5H2,1H3,(H,14,17)(H,15,16)(H,18,19)/t9-/m0/s1. The number of hydrogen-bond donors (Lipinski definition) is 3. The summed E-state index contributed by atoms with van der Waals surface area (Å²) in [5, 5.41) is 19.3. The molecule has 0 unspecified atom stereocenters. The van der Waals surface area contributed by atoms with E-state index in [4.69, 9.17) is 10.2 Å². The van der Waals surface area contributed by atoms with Gasteiger partial charge in [0, 0.05) is 5.56 Å². The zero-order chi connectivity index (χ0) is 14.6. The van der Waals surface area contributed by atoms with E-state index in [0.717, 1.165) is 6.07 Å². The lowest BCUT2D eigenvalue weighted by molar-refractivity contribution is -0.145. The minimum atomic E-state index is -1.56. The van der Waals surface area contributed by atoms with E-state index in [-0.39, 0.29) is 5.56 Å². The van der Waals surface area contributed by atoms with Crippen LogP contribution in [0.3, 0.4) is 0 Å². The van der Waals surface area contributed by atoms with Crippen LogP contribution in [0.1, 0.15) is 22.3 Å². The van der Waals surface area contributed by atoms with Crippen LogP contribution in [0.2, 0.25) is 0 Å². The monoisotopic (exact) mass is 269 g/mol. The third kappa shape index (κ3) is 4.06. The number of carbonyl (C=O) groups is 3. The van der Waals surface area contributed by atoms with Gasteiger partial charge in [0.2, 0.25) is 0 Å². The molecule has 7 heteroatoms. The number of nitrogens with one attached hydrogen (secondary N) is 1. The highest BCUT2D eigenvalue weighted by Gasteiger charge is 2.23. The molecule has 0 fully saturated rings. The van der Waals surface area contributed by atoms with Crippen LogP contribution in [-0.2, 0) is 9.59 Å². The van der Waals surface area contributed by atoms with Gasteiger partial charge in [0.25, 0.3) is 5.91 Å². The maximum Gasteiger partial charge on any atom is 0.326 e. The fraction of sp³-hybridized carbons (Fsp3) is 0.250. The van der Waals surface area contributed by atoms with Gasteiger partial charge >= 0.3 is 11.9 Å². The Labute approximate surface area is 107 Å². The molecule has 0 saturated heterocycles. The van der Waals surface area contributed by atoms with Gasteiger partial charge in [-0.05, 0) is 24.6 Å². The van der Waals surface area contributed by atoms with E-state index in [2.05, 4.69) is 0 Å². The first-order valence-electron chi connectivity index (χ1n) is 5.33. The van der Waals surface area contributed by atoms with E-state index >= 15 is 0 Å². The molecule has 0 spiro atoms. The van der Waals surface area contributed by atoms with Gasteiger partial charge in [0.1, 0.15) is 11.9 Å². The molecule has 1 aromatic rings. The first-order valence-corrected chi connectivity index (χ1v) is 5.33. The Hall–Kier alpha value is -2.44. The largest absolute Gasteiger partial charge is 0.481 e. The molecule has 6 nitrogen and oxygen atoms in total. The summed E-state index contributed by atoms with van der Waals surface area (Å²) in [7, 11) is 0. The van der Waals surface area contributed by atoms with Crippen LogP contribution >= 0.6 is 0 Å². The van der Waals surface area contributed by atoms with Crippen LogP contribution < -0.4 is 5.32 Å². The van der Waals surface area contributed by atoms with Crippen molar-refractivity contribution in [3.63, 3.8) is 0 Å². The zero-order valence-electron chi connectivity index (χ0n) is 10.0. The zero-order valence-corrected chi connectivity index (χ0v) is 10.0. The highest BCUT2D eigenvalue weighted by molar-refractivity contribution is 5.97. The average molecular weight is 269 g/mol. The molecule has 0 aliphatic heterocycles. The Bertz CT molecular complexity index is 529. The van der Waals surface area contributed by atoms with E-state index in [1.54, 1.807) is 0 Å². The molecule has 102 valence electrons. The Morgan fingerprint density at radius 2 is 1.95 bits per heavy atom. The summed E-state index contributed by atoms with van der Waals surface area (Å²) < 4.78 is 13.3. The molecule has 0 heterocycles. The van der Waals surface area contributed by atoms with Crippen LogP contribution in [0.5, 0.6) is 0 Å². The molecule has 3 N–H and O–H groups in total. The summed E-state index contributed by atoms with van der Waals surface area (Å²) in [5.41, 5.74) is 0.275. The molecule has 1 rings (SSSR count). The predicted octanol–water partition coefficient (Wildman–Crippen LogP) is 0.792. The molecule has 19 heavy (non-hydrogen) atoms. The topological polar surface area (TPSA) is 104 Å².